The van der Waals surface area contributed by atoms with Crippen molar-refractivity contribution >= 4 is 23.2 Å². The summed E-state index contributed by atoms with van der Waals surface area (Å²) in [5.41, 5.74) is 7.22. The zero-order valence-electron chi connectivity index (χ0n) is 11.7. The number of nitrogens with one attached hydrogen (secondary N) is 1. The van der Waals surface area contributed by atoms with Gasteiger partial charge in [-0.2, -0.15) is 0 Å². The van der Waals surface area contributed by atoms with Crippen LogP contribution in [0.3, 0.4) is 0 Å². The molecular weight excluding hydrogens is 288 g/mol. The zero-order valence-corrected chi connectivity index (χ0v) is 12.4. The molecule has 0 saturated carbocycles. The number of nitrogen functional groups attached to an aromatic ring is 1. The number of amides is 1. The minimum absolute atomic E-state index is 0.0398. The molecule has 2 rings (SSSR count). The van der Waals surface area contributed by atoms with Crippen molar-refractivity contribution in [3.05, 3.63) is 59.1 Å². The van der Waals surface area contributed by atoms with Crippen molar-refractivity contribution in [2.24, 2.45) is 0 Å². The van der Waals surface area contributed by atoms with Gasteiger partial charge < -0.3 is 15.8 Å². The number of carbonyl (C=O) groups excluding carboxylic acids is 1. The van der Waals surface area contributed by atoms with Gasteiger partial charge in [-0.25, -0.2) is 0 Å². The third kappa shape index (κ3) is 4.68. The molecule has 0 aliphatic heterocycles. The van der Waals surface area contributed by atoms with Crippen LogP contribution in [0.2, 0.25) is 5.02 Å². The first-order valence-electron chi connectivity index (χ1n) is 6.58. The van der Waals surface area contributed by atoms with Crippen molar-refractivity contribution in [3.63, 3.8) is 0 Å². The lowest BCUT2D eigenvalue weighted by Gasteiger charge is -2.15. The van der Waals surface area contributed by atoms with Crippen molar-refractivity contribution in [2.45, 2.75) is 13.0 Å². The van der Waals surface area contributed by atoms with Crippen LogP contribution in [0.5, 0.6) is 5.75 Å². The second-order valence-electron chi connectivity index (χ2n) is 4.70. The maximum absolute atomic E-state index is 11.8. The Morgan fingerprint density at radius 2 is 1.81 bits per heavy atom. The highest BCUT2D eigenvalue weighted by atomic mass is 35.5. The molecule has 0 aliphatic rings. The Kier molecular flexibility index (Phi) is 5.06. The van der Waals surface area contributed by atoms with Gasteiger partial charge in [0.25, 0.3) is 5.91 Å². The van der Waals surface area contributed by atoms with Gasteiger partial charge >= 0.3 is 0 Å². The number of hydrogen-bond acceptors (Lipinski definition) is 3. The molecule has 110 valence electrons. The lowest BCUT2D eigenvalue weighted by atomic mass is 10.1. The highest BCUT2D eigenvalue weighted by Crippen LogP contribution is 2.16. The fraction of sp³-hybridized carbons (Fsp3) is 0.188. The lowest BCUT2D eigenvalue weighted by molar-refractivity contribution is -0.123. The Labute approximate surface area is 128 Å². The van der Waals surface area contributed by atoms with E-state index < -0.39 is 0 Å². The van der Waals surface area contributed by atoms with E-state index in [-0.39, 0.29) is 18.6 Å². The third-order valence-electron chi connectivity index (χ3n) is 3.00. The summed E-state index contributed by atoms with van der Waals surface area (Å²) in [5, 5.41) is 3.54. The van der Waals surface area contributed by atoms with Crippen molar-refractivity contribution in [3.8, 4) is 5.75 Å². The molecule has 1 amide bonds. The molecule has 0 spiro atoms. The summed E-state index contributed by atoms with van der Waals surface area (Å²) in [6.45, 7) is 1.87. The van der Waals surface area contributed by atoms with Crippen LogP contribution in [-0.2, 0) is 4.79 Å². The van der Waals surface area contributed by atoms with E-state index in [4.69, 9.17) is 22.1 Å². The number of hydrogen-bond donors (Lipinski definition) is 2. The predicted molar refractivity (Wildman–Crippen MR) is 84.4 cm³/mol. The minimum Gasteiger partial charge on any atom is -0.484 e. The van der Waals surface area contributed by atoms with Gasteiger partial charge in [-0.15, -0.1) is 0 Å². The summed E-state index contributed by atoms with van der Waals surface area (Å²) < 4.78 is 5.39. The molecule has 0 fully saturated rings. The zero-order chi connectivity index (χ0) is 15.2. The van der Waals surface area contributed by atoms with Crippen LogP contribution in [0.1, 0.15) is 18.5 Å². The molecule has 1 unspecified atom stereocenters. The van der Waals surface area contributed by atoms with E-state index in [0.717, 1.165) is 5.56 Å². The van der Waals surface area contributed by atoms with Crippen LogP contribution in [0.4, 0.5) is 5.69 Å². The molecule has 5 heteroatoms. The average Bonchev–Trinajstić information content (AvgIpc) is 2.47. The first-order valence-corrected chi connectivity index (χ1v) is 6.95. The smallest absolute Gasteiger partial charge is 0.258 e. The summed E-state index contributed by atoms with van der Waals surface area (Å²) in [6, 6.07) is 14.2. The second kappa shape index (κ2) is 6.99. The molecule has 0 bridgehead atoms. The summed E-state index contributed by atoms with van der Waals surface area (Å²) in [7, 11) is 0. The molecule has 0 heterocycles. The summed E-state index contributed by atoms with van der Waals surface area (Å²) in [4.78, 5) is 11.8. The maximum Gasteiger partial charge on any atom is 0.258 e. The number of nitrogens with two attached hydrogens (primary N) is 1. The van der Waals surface area contributed by atoms with E-state index in [1.54, 1.807) is 36.4 Å². The Morgan fingerprint density at radius 3 is 2.43 bits per heavy atom. The molecule has 1 atom stereocenters. The molecule has 21 heavy (non-hydrogen) atoms. The van der Waals surface area contributed by atoms with Crippen LogP contribution < -0.4 is 15.8 Å². The Balaban J connectivity index is 1.83. The van der Waals surface area contributed by atoms with E-state index in [1.165, 1.54) is 0 Å². The highest BCUT2D eigenvalue weighted by Gasteiger charge is 2.10. The number of carbonyl (C=O) groups is 1. The Hall–Kier alpha value is -2.20. The third-order valence-corrected chi connectivity index (χ3v) is 3.25. The molecule has 2 aromatic carbocycles. The fourth-order valence-electron chi connectivity index (χ4n) is 1.83. The van der Waals surface area contributed by atoms with E-state index >= 15 is 0 Å². The summed E-state index contributed by atoms with van der Waals surface area (Å²) >= 11 is 5.83. The number of halogens is 1. The number of benzene rings is 2. The van der Waals surface area contributed by atoms with Crippen LogP contribution in [-0.4, -0.2) is 12.5 Å². The van der Waals surface area contributed by atoms with Gasteiger partial charge in [0.15, 0.2) is 6.61 Å². The van der Waals surface area contributed by atoms with Crippen LogP contribution in [0.15, 0.2) is 48.5 Å². The Morgan fingerprint density at radius 1 is 1.19 bits per heavy atom. The van der Waals surface area contributed by atoms with Crippen molar-refractivity contribution < 1.29 is 9.53 Å². The number of anilines is 1. The molecular formula is C16H17ClN2O2. The van der Waals surface area contributed by atoms with Crippen molar-refractivity contribution in [1.82, 2.24) is 5.32 Å². The van der Waals surface area contributed by atoms with E-state index in [9.17, 15) is 4.79 Å². The molecule has 3 N–H and O–H groups in total. The minimum atomic E-state index is -0.186. The first kappa shape index (κ1) is 15.2. The van der Waals surface area contributed by atoms with Gasteiger partial charge in [0.1, 0.15) is 5.75 Å². The molecule has 0 aliphatic carbocycles. The standard InChI is InChI=1S/C16H17ClN2O2/c1-11(12-2-4-13(17)5-3-12)19-16(20)10-21-15-8-6-14(18)7-9-15/h2-9,11H,10,18H2,1H3,(H,19,20). The van der Waals surface area contributed by atoms with Gasteiger partial charge in [0.05, 0.1) is 6.04 Å². The SMILES string of the molecule is CC(NC(=O)COc1ccc(N)cc1)c1ccc(Cl)cc1. The molecule has 0 radical (unpaired) electrons. The van der Waals surface area contributed by atoms with Crippen LogP contribution in [0.25, 0.3) is 0 Å². The fourth-order valence-corrected chi connectivity index (χ4v) is 1.96. The first-order chi connectivity index (χ1) is 10.0. The van der Waals surface area contributed by atoms with Crippen LogP contribution in [0, 0.1) is 0 Å². The van der Waals surface area contributed by atoms with Gasteiger partial charge in [0.2, 0.25) is 0 Å². The van der Waals surface area contributed by atoms with E-state index in [0.29, 0.717) is 16.5 Å². The topological polar surface area (TPSA) is 64.3 Å². The van der Waals surface area contributed by atoms with Gasteiger partial charge in [-0.3, -0.25) is 4.79 Å². The lowest BCUT2D eigenvalue weighted by Crippen LogP contribution is -2.31. The van der Waals surface area contributed by atoms with Gasteiger partial charge in [-0.1, -0.05) is 23.7 Å². The summed E-state index contributed by atoms with van der Waals surface area (Å²) in [5.74, 6) is 0.424. The molecule has 2 aromatic rings. The summed E-state index contributed by atoms with van der Waals surface area (Å²) in [6.07, 6.45) is 0. The maximum atomic E-state index is 11.8. The number of rotatable bonds is 5. The van der Waals surface area contributed by atoms with Gasteiger partial charge in [-0.05, 0) is 48.9 Å². The normalized spacial score (nSPS) is 11.7. The quantitative estimate of drug-likeness (QED) is 0.834. The van der Waals surface area contributed by atoms with Crippen molar-refractivity contribution in [2.75, 3.05) is 12.3 Å². The van der Waals surface area contributed by atoms with E-state index in [2.05, 4.69) is 5.32 Å². The molecule has 0 aromatic heterocycles. The average molecular weight is 305 g/mol. The van der Waals surface area contributed by atoms with Crippen LogP contribution >= 0.6 is 11.6 Å². The Bertz CT molecular complexity index is 597. The molecule has 0 saturated heterocycles. The molecule has 4 nitrogen and oxygen atoms in total. The van der Waals surface area contributed by atoms with E-state index in [1.807, 2.05) is 19.1 Å². The highest BCUT2D eigenvalue weighted by molar-refractivity contribution is 6.30. The van der Waals surface area contributed by atoms with Crippen molar-refractivity contribution in [1.29, 1.82) is 0 Å². The largest absolute Gasteiger partial charge is 0.484 e. The second-order valence-corrected chi connectivity index (χ2v) is 5.13. The van der Waals surface area contributed by atoms with Gasteiger partial charge in [0, 0.05) is 10.7 Å². The predicted octanol–water partition coefficient (Wildman–Crippen LogP) is 3.18. The monoisotopic (exact) mass is 304 g/mol. The number of ether oxygens (including phenoxy) is 1.